The van der Waals surface area contributed by atoms with Crippen LogP contribution in [0, 0.1) is 5.82 Å². The first-order chi connectivity index (χ1) is 10.6. The fraction of sp³-hybridized carbons (Fsp3) is 0.375. The number of carbonyl (C=O) groups excluding carboxylic acids is 1. The van der Waals surface area contributed by atoms with Gasteiger partial charge in [-0.05, 0) is 45.8 Å². The van der Waals surface area contributed by atoms with Gasteiger partial charge in [-0.15, -0.1) is 0 Å². The van der Waals surface area contributed by atoms with E-state index in [0.717, 1.165) is 34.7 Å². The van der Waals surface area contributed by atoms with Gasteiger partial charge < -0.3 is 4.74 Å². The molecule has 3 aliphatic heterocycles. The largest absolute Gasteiger partial charge is 0.367 e. The first-order valence-electron chi connectivity index (χ1n) is 7.13. The number of hydrogen-bond donors (Lipinski definition) is 0. The maximum absolute atomic E-state index is 13.6. The molecule has 114 valence electrons. The maximum Gasteiger partial charge on any atom is 0.187 e. The van der Waals surface area contributed by atoms with E-state index in [-0.39, 0.29) is 29.4 Å². The predicted octanol–water partition coefficient (Wildman–Crippen LogP) is 3.49. The van der Waals surface area contributed by atoms with Crippen molar-refractivity contribution < 1.29 is 13.9 Å². The Balaban J connectivity index is 1.87. The van der Waals surface area contributed by atoms with E-state index in [4.69, 9.17) is 4.74 Å². The van der Waals surface area contributed by atoms with Gasteiger partial charge in [-0.25, -0.2) is 4.39 Å². The standard InChI is InChI=1S/C16H13BrFNO2S/c17-9-5-8(1-2-10(9)18)14-15-12(6-21-7-13(15)20)19-11-3-4-22-16(11)14/h1-2,5,14,16H,3-4,6-7H2. The van der Waals surface area contributed by atoms with Crippen LogP contribution >= 0.6 is 27.7 Å². The predicted molar refractivity (Wildman–Crippen MR) is 88.0 cm³/mol. The van der Waals surface area contributed by atoms with Crippen molar-refractivity contribution in [2.24, 2.45) is 4.99 Å². The van der Waals surface area contributed by atoms with Crippen LogP contribution in [0.15, 0.2) is 38.9 Å². The lowest BCUT2D eigenvalue weighted by Crippen LogP contribution is -2.35. The van der Waals surface area contributed by atoms with Crippen LogP contribution in [0.3, 0.4) is 0 Å². The highest BCUT2D eigenvalue weighted by atomic mass is 79.9. The summed E-state index contributed by atoms with van der Waals surface area (Å²) in [7, 11) is 0. The molecule has 1 fully saturated rings. The number of ether oxygens (including phenoxy) is 1. The second-order valence-corrected chi connectivity index (χ2v) is 7.68. The molecular weight excluding hydrogens is 369 g/mol. The van der Waals surface area contributed by atoms with Gasteiger partial charge in [0.2, 0.25) is 0 Å². The van der Waals surface area contributed by atoms with E-state index in [2.05, 4.69) is 20.9 Å². The lowest BCUT2D eigenvalue weighted by molar-refractivity contribution is -0.121. The van der Waals surface area contributed by atoms with Crippen molar-refractivity contribution in [1.29, 1.82) is 0 Å². The van der Waals surface area contributed by atoms with Gasteiger partial charge >= 0.3 is 0 Å². The number of carbonyl (C=O) groups is 1. The third-order valence-electron chi connectivity index (χ3n) is 4.26. The number of hydrogen-bond acceptors (Lipinski definition) is 4. The molecule has 3 nitrogen and oxygen atoms in total. The second-order valence-electron chi connectivity index (χ2n) is 5.57. The zero-order valence-electron chi connectivity index (χ0n) is 11.6. The number of ketones is 1. The third kappa shape index (κ3) is 2.28. The average Bonchev–Trinajstić information content (AvgIpc) is 2.96. The summed E-state index contributed by atoms with van der Waals surface area (Å²) in [6.07, 6.45) is 0.944. The molecule has 1 saturated heterocycles. The van der Waals surface area contributed by atoms with Gasteiger partial charge in [0, 0.05) is 17.2 Å². The Labute approximate surface area is 140 Å². The minimum atomic E-state index is -0.292. The molecule has 3 aliphatic rings. The number of Topliss-reactive ketones (excluding diaryl/α,β-unsaturated/α-hetero) is 1. The molecule has 22 heavy (non-hydrogen) atoms. The number of halogens is 2. The Morgan fingerprint density at radius 1 is 1.36 bits per heavy atom. The molecule has 0 amide bonds. The molecule has 1 aromatic carbocycles. The molecule has 0 N–H and O–H groups in total. The first kappa shape index (κ1) is 14.6. The van der Waals surface area contributed by atoms with Crippen LogP contribution in [0.2, 0.25) is 0 Å². The van der Waals surface area contributed by atoms with Crippen molar-refractivity contribution in [3.05, 3.63) is 45.3 Å². The smallest absolute Gasteiger partial charge is 0.187 e. The van der Waals surface area contributed by atoms with E-state index in [0.29, 0.717) is 11.1 Å². The minimum Gasteiger partial charge on any atom is -0.367 e. The highest BCUT2D eigenvalue weighted by Gasteiger charge is 2.42. The van der Waals surface area contributed by atoms with E-state index in [9.17, 15) is 9.18 Å². The van der Waals surface area contributed by atoms with E-state index in [1.165, 1.54) is 6.07 Å². The number of rotatable bonds is 1. The van der Waals surface area contributed by atoms with Gasteiger partial charge in [-0.2, -0.15) is 11.8 Å². The van der Waals surface area contributed by atoms with Gasteiger partial charge in [0.1, 0.15) is 12.4 Å². The summed E-state index contributed by atoms with van der Waals surface area (Å²) < 4.78 is 19.3. The number of thioether (sulfide) groups is 1. The van der Waals surface area contributed by atoms with Crippen molar-refractivity contribution in [2.75, 3.05) is 19.0 Å². The molecule has 0 aromatic heterocycles. The summed E-state index contributed by atoms with van der Waals surface area (Å²) in [5.74, 6) is 0.670. The van der Waals surface area contributed by atoms with Crippen LogP contribution in [0.1, 0.15) is 17.9 Å². The molecule has 1 aromatic rings. The Bertz CT molecular complexity index is 731. The van der Waals surface area contributed by atoms with E-state index < -0.39 is 0 Å². The zero-order chi connectivity index (χ0) is 15.3. The first-order valence-corrected chi connectivity index (χ1v) is 8.97. The molecular formula is C16H13BrFNO2S. The number of benzene rings is 1. The summed E-state index contributed by atoms with van der Waals surface area (Å²) >= 11 is 5.08. The zero-order valence-corrected chi connectivity index (χ0v) is 14.0. The second kappa shape index (κ2) is 5.58. The lowest BCUT2D eigenvalue weighted by atomic mass is 9.80. The van der Waals surface area contributed by atoms with Crippen LogP contribution in [0.5, 0.6) is 0 Å². The Hall–Kier alpha value is -0.980. The summed E-state index contributed by atoms with van der Waals surface area (Å²) in [5.41, 5.74) is 3.61. The Morgan fingerprint density at radius 3 is 3.05 bits per heavy atom. The molecule has 0 bridgehead atoms. The third-order valence-corrected chi connectivity index (χ3v) is 6.21. The van der Waals surface area contributed by atoms with Crippen molar-refractivity contribution in [2.45, 2.75) is 17.6 Å². The summed E-state index contributed by atoms with van der Waals surface area (Å²) in [5, 5.41) is 0.179. The van der Waals surface area contributed by atoms with Gasteiger partial charge in [0.25, 0.3) is 0 Å². The summed E-state index contributed by atoms with van der Waals surface area (Å²) in [6, 6.07) is 5.02. The van der Waals surface area contributed by atoms with E-state index in [1.807, 2.05) is 11.8 Å². The van der Waals surface area contributed by atoms with Crippen molar-refractivity contribution >= 4 is 39.2 Å². The molecule has 0 aliphatic carbocycles. The van der Waals surface area contributed by atoms with Crippen LogP contribution in [0.25, 0.3) is 0 Å². The maximum atomic E-state index is 13.6. The normalized spacial score (nSPS) is 27.5. The molecule has 2 atom stereocenters. The topological polar surface area (TPSA) is 38.7 Å². The number of nitrogens with zero attached hydrogens (tertiary/aromatic N) is 1. The lowest BCUT2D eigenvalue weighted by Gasteiger charge is -2.33. The SMILES string of the molecule is O=C1COCC2=C1C(c1ccc(F)c(Br)c1)C1SCCC1=N2. The average molecular weight is 382 g/mol. The van der Waals surface area contributed by atoms with E-state index >= 15 is 0 Å². The highest BCUT2D eigenvalue weighted by Crippen LogP contribution is 2.46. The highest BCUT2D eigenvalue weighted by molar-refractivity contribution is 9.10. The molecule has 2 unspecified atom stereocenters. The van der Waals surface area contributed by atoms with E-state index in [1.54, 1.807) is 12.1 Å². The molecule has 6 heteroatoms. The van der Waals surface area contributed by atoms with Gasteiger partial charge in [-0.1, -0.05) is 6.07 Å². The number of fused-ring (bicyclic) bond motifs is 1. The van der Waals surface area contributed by atoms with Crippen molar-refractivity contribution in [1.82, 2.24) is 0 Å². The summed E-state index contributed by atoms with van der Waals surface area (Å²) in [4.78, 5) is 17.1. The molecule has 0 spiro atoms. The van der Waals surface area contributed by atoms with Crippen LogP contribution in [0.4, 0.5) is 4.39 Å². The molecule has 3 heterocycles. The fourth-order valence-corrected chi connectivity index (χ4v) is 5.14. The van der Waals surface area contributed by atoms with Crippen LogP contribution in [-0.2, 0) is 9.53 Å². The van der Waals surface area contributed by atoms with Gasteiger partial charge in [0.15, 0.2) is 5.78 Å². The van der Waals surface area contributed by atoms with Crippen molar-refractivity contribution in [3.63, 3.8) is 0 Å². The number of aliphatic imine (C=N–C) groups is 1. The van der Waals surface area contributed by atoms with Gasteiger partial charge in [0.05, 0.1) is 22.0 Å². The fourth-order valence-electron chi connectivity index (χ4n) is 3.31. The van der Waals surface area contributed by atoms with Crippen LogP contribution < -0.4 is 0 Å². The monoisotopic (exact) mass is 381 g/mol. The molecule has 0 saturated carbocycles. The van der Waals surface area contributed by atoms with Gasteiger partial charge in [-0.3, -0.25) is 9.79 Å². The molecule has 0 radical (unpaired) electrons. The molecule has 4 rings (SSSR count). The minimum absolute atomic E-state index is 0.00185. The Morgan fingerprint density at radius 2 is 2.23 bits per heavy atom. The van der Waals surface area contributed by atoms with Crippen LogP contribution in [-0.4, -0.2) is 35.7 Å². The Kier molecular flexibility index (Phi) is 3.71. The summed E-state index contributed by atoms with van der Waals surface area (Å²) in [6.45, 7) is 0.501. The quantitative estimate of drug-likeness (QED) is 0.747. The van der Waals surface area contributed by atoms with Crippen molar-refractivity contribution in [3.8, 4) is 0 Å².